The Bertz CT molecular complexity index is 5580. The number of esters is 1. The van der Waals surface area contributed by atoms with Crippen molar-refractivity contribution in [3.8, 4) is 79.3 Å². The van der Waals surface area contributed by atoms with Gasteiger partial charge in [-0.2, -0.15) is 5.10 Å². The summed E-state index contributed by atoms with van der Waals surface area (Å²) >= 11 is 0. The molecule has 488 valence electrons. The third-order valence-corrected chi connectivity index (χ3v) is 16.1. The smallest absolute Gasteiger partial charge is 0.338 e. The Morgan fingerprint density at radius 3 is 1.53 bits per heavy atom. The fourth-order valence-electron chi connectivity index (χ4n) is 11.5. The topological polar surface area (TPSA) is 336 Å². The standard InChI is InChI=1S/C72H61N23O4/c1-40-10-6-15-54(78-40)68-65(47-21-27-62-76-39-77-93(62)35-47)84-58(87-68)32-73-50-24-18-45(19-25-50)72(98)99-38-61-83-63-28-22-48(36-94(63)91-61)66-70(56-17-8-12-42(3)80-56)89-60(86-66)34-75-53-26-20-46(30-57(53)82-44(5)97)71-90-64-29-23-49(37-95(64)92-71)67-69(55-16-7-11-41(2)79-55)88-59(85-67)33-74-51-13-9-14-52(31-51)81-43(4)96/h6-31,35-37,39,73-75H,32-34,38H2,1-5H3,(H,81,96)(H,82,97)(H,84,87)(H,85,88)(H,86,89). The van der Waals surface area contributed by atoms with Crippen molar-refractivity contribution in [2.45, 2.75) is 60.9 Å². The fraction of sp³-hybridized carbons (Fsp3) is 0.125. The minimum Gasteiger partial charge on any atom is -0.454 e. The zero-order chi connectivity index (χ0) is 67.7. The first-order chi connectivity index (χ1) is 48.2. The normalized spacial score (nSPS) is 11.4. The summed E-state index contributed by atoms with van der Waals surface area (Å²) in [7, 11) is 0. The number of benzene rings is 3. The van der Waals surface area contributed by atoms with E-state index in [0.29, 0.717) is 104 Å². The second-order valence-electron chi connectivity index (χ2n) is 23.5. The maximum atomic E-state index is 13.4. The number of imidazole rings is 3. The van der Waals surface area contributed by atoms with Crippen LogP contribution < -0.4 is 26.6 Å². The Kier molecular flexibility index (Phi) is 16.4. The summed E-state index contributed by atoms with van der Waals surface area (Å²) in [6.07, 6.45) is 7.10. The highest BCUT2D eigenvalue weighted by Crippen LogP contribution is 2.35. The molecule has 3 aromatic carbocycles. The Morgan fingerprint density at radius 2 is 0.949 bits per heavy atom. The van der Waals surface area contributed by atoms with Crippen molar-refractivity contribution in [2.75, 3.05) is 26.6 Å². The lowest BCUT2D eigenvalue weighted by molar-refractivity contribution is -0.115. The van der Waals surface area contributed by atoms with Crippen LogP contribution in [0.2, 0.25) is 0 Å². The number of aromatic amines is 3. The number of aryl methyl sites for hydroxylation is 3. The van der Waals surface area contributed by atoms with E-state index in [1.165, 1.54) is 20.2 Å². The van der Waals surface area contributed by atoms with Crippen LogP contribution in [0.4, 0.5) is 28.4 Å². The quantitative estimate of drug-likeness (QED) is 0.0310. The minimum absolute atomic E-state index is 0.154. The fourth-order valence-corrected chi connectivity index (χ4v) is 11.5. The van der Waals surface area contributed by atoms with Crippen molar-refractivity contribution in [2.24, 2.45) is 0 Å². The largest absolute Gasteiger partial charge is 0.454 e. The average molecular weight is 1310 g/mol. The zero-order valence-electron chi connectivity index (χ0n) is 54.0. The third kappa shape index (κ3) is 13.5. The molecule has 0 aliphatic heterocycles. The van der Waals surface area contributed by atoms with E-state index in [1.54, 1.807) is 25.7 Å². The number of ether oxygens (including phenoxy) is 1. The van der Waals surface area contributed by atoms with Crippen LogP contribution in [0.15, 0.2) is 183 Å². The van der Waals surface area contributed by atoms with E-state index in [1.807, 2.05) is 185 Å². The zero-order valence-corrected chi connectivity index (χ0v) is 54.0. The highest BCUT2D eigenvalue weighted by atomic mass is 16.5. The van der Waals surface area contributed by atoms with Crippen LogP contribution in [0.5, 0.6) is 0 Å². The SMILES string of the molecule is CC(=O)Nc1cccc(NCc2nc(-c3ccc4nc(-c5ccc(NCc6nc(-c7ccc8nc(COC(=O)c9ccc(NCc%10nc(-c%11ccc%12ncnn%12c%11)c(-c%11cccc(C)n%11)[nH]%10)cc9)nn8c7)c(-c7cccc(C)n7)[nH]6)c(NC(C)=O)c5)nn4c3)c(-c3cccc(C)n3)[nH]2)c1. The van der Waals surface area contributed by atoms with Crippen LogP contribution in [-0.2, 0) is 40.6 Å². The van der Waals surface area contributed by atoms with Gasteiger partial charge in [-0.1, -0.05) is 24.3 Å². The molecule has 12 heterocycles. The average Bonchev–Trinajstić information content (AvgIpc) is 1.66. The summed E-state index contributed by atoms with van der Waals surface area (Å²) in [6, 6.07) is 49.0. The van der Waals surface area contributed by atoms with E-state index < -0.39 is 5.97 Å². The maximum Gasteiger partial charge on any atom is 0.338 e. The number of rotatable bonds is 21. The molecule has 0 fully saturated rings. The lowest BCUT2D eigenvalue weighted by Crippen LogP contribution is -2.10. The van der Waals surface area contributed by atoms with Crippen LogP contribution in [0, 0.1) is 20.8 Å². The van der Waals surface area contributed by atoms with Gasteiger partial charge in [-0.25, -0.2) is 48.2 Å². The van der Waals surface area contributed by atoms with Gasteiger partial charge in [0.2, 0.25) is 11.8 Å². The molecule has 0 radical (unpaired) electrons. The summed E-state index contributed by atoms with van der Waals surface area (Å²) in [5.41, 5.74) is 17.5. The summed E-state index contributed by atoms with van der Waals surface area (Å²) in [6.45, 7) is 9.52. The van der Waals surface area contributed by atoms with Gasteiger partial charge < -0.3 is 46.3 Å². The lowest BCUT2D eigenvalue weighted by Gasteiger charge is -2.13. The summed E-state index contributed by atoms with van der Waals surface area (Å²) < 4.78 is 10.8. The number of fused-ring (bicyclic) bond motifs is 3. The molecule has 8 N–H and O–H groups in total. The molecular formula is C72H61N23O4. The van der Waals surface area contributed by atoms with E-state index in [4.69, 9.17) is 49.8 Å². The Morgan fingerprint density at radius 1 is 0.444 bits per heavy atom. The molecule has 0 saturated carbocycles. The second-order valence-corrected chi connectivity index (χ2v) is 23.5. The monoisotopic (exact) mass is 1310 g/mol. The van der Waals surface area contributed by atoms with Gasteiger partial charge in [-0.3, -0.25) is 24.5 Å². The van der Waals surface area contributed by atoms with E-state index in [-0.39, 0.29) is 25.0 Å². The first kappa shape index (κ1) is 61.6. The van der Waals surface area contributed by atoms with Crippen molar-refractivity contribution in [3.05, 3.63) is 229 Å². The highest BCUT2D eigenvalue weighted by Gasteiger charge is 2.23. The molecule has 2 amide bonds. The minimum atomic E-state index is -0.535. The highest BCUT2D eigenvalue weighted by molar-refractivity contribution is 5.94. The molecular weight excluding hydrogens is 1250 g/mol. The van der Waals surface area contributed by atoms with E-state index in [0.717, 1.165) is 79.3 Å². The van der Waals surface area contributed by atoms with Crippen LogP contribution in [0.3, 0.4) is 0 Å². The van der Waals surface area contributed by atoms with Crippen molar-refractivity contribution in [1.82, 2.24) is 88.6 Å². The van der Waals surface area contributed by atoms with Crippen molar-refractivity contribution in [1.29, 1.82) is 0 Å². The van der Waals surface area contributed by atoms with Gasteiger partial charge >= 0.3 is 5.97 Å². The molecule has 15 aromatic rings. The first-order valence-electron chi connectivity index (χ1n) is 31.6. The summed E-state index contributed by atoms with van der Waals surface area (Å²) in [5.74, 6) is 1.71. The Hall–Kier alpha value is -13.6. The van der Waals surface area contributed by atoms with Crippen LogP contribution in [0.25, 0.3) is 96.3 Å². The number of carbonyl (C=O) groups excluding carboxylic acids is 3. The molecule has 0 spiro atoms. The van der Waals surface area contributed by atoms with Gasteiger partial charge in [0.15, 0.2) is 35.2 Å². The number of amides is 2. The number of carbonyl (C=O) groups is 3. The van der Waals surface area contributed by atoms with Crippen LogP contribution in [0.1, 0.15) is 64.6 Å². The number of anilines is 5. The van der Waals surface area contributed by atoms with Crippen LogP contribution >= 0.6 is 0 Å². The van der Waals surface area contributed by atoms with E-state index in [9.17, 15) is 14.4 Å². The molecule has 27 heteroatoms. The number of pyridine rings is 6. The number of aromatic nitrogens is 18. The van der Waals surface area contributed by atoms with E-state index >= 15 is 0 Å². The molecule has 0 aliphatic carbocycles. The van der Waals surface area contributed by atoms with Crippen LogP contribution in [-0.4, -0.2) is 106 Å². The molecule has 0 aliphatic rings. The van der Waals surface area contributed by atoms with Gasteiger partial charge in [0.05, 0.1) is 87.8 Å². The molecule has 12 aromatic heterocycles. The van der Waals surface area contributed by atoms with Gasteiger partial charge in [0.1, 0.15) is 23.8 Å². The van der Waals surface area contributed by atoms with Crippen molar-refractivity contribution >= 4 is 63.2 Å². The number of hydrogen-bond donors (Lipinski definition) is 8. The predicted molar refractivity (Wildman–Crippen MR) is 374 cm³/mol. The van der Waals surface area contributed by atoms with Gasteiger partial charge in [0.25, 0.3) is 0 Å². The first-order valence-corrected chi connectivity index (χ1v) is 31.6. The molecule has 0 bridgehead atoms. The predicted octanol–water partition coefficient (Wildman–Crippen LogP) is 11.9. The summed E-state index contributed by atoms with van der Waals surface area (Å²) in [5, 5.41) is 30.0. The summed E-state index contributed by atoms with van der Waals surface area (Å²) in [4.78, 5) is 91.8. The molecule has 15 rings (SSSR count). The molecule has 0 saturated heterocycles. The number of nitrogens with one attached hydrogen (secondary N) is 8. The number of nitrogens with zero attached hydrogens (tertiary/aromatic N) is 15. The van der Waals surface area contributed by atoms with Gasteiger partial charge in [-0.15, -0.1) is 10.2 Å². The van der Waals surface area contributed by atoms with Gasteiger partial charge in [-0.05, 0) is 154 Å². The molecule has 99 heavy (non-hydrogen) atoms. The number of H-pyrrole nitrogens is 3. The van der Waals surface area contributed by atoms with Gasteiger partial charge in [0, 0.05) is 88.8 Å². The Balaban J connectivity index is 0.622. The van der Waals surface area contributed by atoms with E-state index in [2.05, 4.69) is 56.6 Å². The van der Waals surface area contributed by atoms with Crippen molar-refractivity contribution in [3.63, 3.8) is 0 Å². The lowest BCUT2D eigenvalue weighted by atomic mass is 10.1. The third-order valence-electron chi connectivity index (χ3n) is 16.1. The maximum absolute atomic E-state index is 13.4. The molecule has 0 atom stereocenters. The Labute approximate surface area is 563 Å². The van der Waals surface area contributed by atoms with Crippen molar-refractivity contribution < 1.29 is 19.1 Å². The molecule has 27 nitrogen and oxygen atoms in total. The molecule has 0 unspecified atom stereocenters. The number of hydrogen-bond acceptors (Lipinski definition) is 19. The second kappa shape index (κ2) is 26.3.